The zero-order valence-electron chi connectivity index (χ0n) is 16.6. The molecule has 2 aromatic rings. The number of hydrogen-bond acceptors (Lipinski definition) is 8. The lowest BCUT2D eigenvalue weighted by Crippen LogP contribution is -2.15. The summed E-state index contributed by atoms with van der Waals surface area (Å²) >= 11 is 22.8. The smallest absolute Gasteiger partial charge is 0.253 e. The summed E-state index contributed by atoms with van der Waals surface area (Å²) in [5.41, 5.74) is 7.46. The predicted molar refractivity (Wildman–Crippen MR) is 124 cm³/mol. The summed E-state index contributed by atoms with van der Waals surface area (Å²) < 4.78 is 0. The van der Waals surface area contributed by atoms with Gasteiger partial charge in [-0.3, -0.25) is 20.2 Å². The third kappa shape index (κ3) is 10.6. The van der Waals surface area contributed by atoms with Crippen LogP contribution in [0, 0.1) is 20.2 Å². The summed E-state index contributed by atoms with van der Waals surface area (Å²) in [7, 11) is 0. The molecule has 172 valence electrons. The Labute approximate surface area is 203 Å². The molecule has 0 unspecified atom stereocenters. The Morgan fingerprint density at radius 3 is 1.84 bits per heavy atom. The van der Waals surface area contributed by atoms with E-state index in [1.54, 1.807) is 18.3 Å². The van der Waals surface area contributed by atoms with Gasteiger partial charge in [0.1, 0.15) is 10.3 Å². The van der Waals surface area contributed by atoms with Crippen LogP contribution in [0.15, 0.2) is 48.3 Å². The highest BCUT2D eigenvalue weighted by molar-refractivity contribution is 6.41. The second kappa shape index (κ2) is 13.7. The van der Waals surface area contributed by atoms with Crippen LogP contribution in [-0.2, 0) is 12.8 Å². The summed E-state index contributed by atoms with van der Waals surface area (Å²) in [5, 5.41) is 24.5. The van der Waals surface area contributed by atoms with E-state index >= 15 is 0 Å². The number of aromatic nitrogens is 2. The van der Waals surface area contributed by atoms with E-state index in [1.165, 1.54) is 6.20 Å². The van der Waals surface area contributed by atoms with Gasteiger partial charge in [-0.1, -0.05) is 46.4 Å². The zero-order valence-corrected chi connectivity index (χ0v) is 19.6. The third-order valence-electron chi connectivity index (χ3n) is 3.44. The van der Waals surface area contributed by atoms with Crippen LogP contribution in [0.2, 0.25) is 20.4 Å². The average Bonchev–Trinajstić information content (AvgIpc) is 2.67. The molecule has 32 heavy (non-hydrogen) atoms. The standard InChI is InChI=1S/C10H11Cl2N3O2.C8H7Cl2N3O2/c1-2-13-8(6-15(16)17)3-7-4-9(11)10(12)14-5-7;9-7-2-5(3-12-8(7)10)1-6(11)4-13(14)15/h4-6,13H,2-3H2,1H3;2-4H,1,11H2/b8-6-;6-4-. The Bertz CT molecular complexity index is 1030. The van der Waals surface area contributed by atoms with Crippen LogP contribution >= 0.6 is 46.4 Å². The molecule has 0 fully saturated rings. The van der Waals surface area contributed by atoms with Gasteiger partial charge < -0.3 is 11.1 Å². The maximum atomic E-state index is 10.4. The SMILES string of the molecule is CCN/C(=C\[N+](=O)[O-])Cc1cnc(Cl)c(Cl)c1.N/C(=C\[N+](=O)[O-])Cc1cnc(Cl)c(Cl)c1. The summed E-state index contributed by atoms with van der Waals surface area (Å²) in [6, 6.07) is 3.21. The first-order valence-corrected chi connectivity index (χ1v) is 10.3. The van der Waals surface area contributed by atoms with Crippen molar-refractivity contribution in [3.63, 3.8) is 0 Å². The first-order chi connectivity index (χ1) is 15.0. The van der Waals surface area contributed by atoms with Crippen molar-refractivity contribution in [3.8, 4) is 0 Å². The highest BCUT2D eigenvalue weighted by Crippen LogP contribution is 2.21. The maximum absolute atomic E-state index is 10.4. The largest absolute Gasteiger partial charge is 0.397 e. The Morgan fingerprint density at radius 1 is 0.969 bits per heavy atom. The molecule has 0 saturated carbocycles. The van der Waals surface area contributed by atoms with Gasteiger partial charge >= 0.3 is 0 Å². The number of nitrogens with two attached hydrogens (primary N) is 1. The van der Waals surface area contributed by atoms with Crippen molar-refractivity contribution in [1.82, 2.24) is 15.3 Å². The van der Waals surface area contributed by atoms with Crippen LogP contribution in [0.25, 0.3) is 0 Å². The van der Waals surface area contributed by atoms with E-state index in [4.69, 9.17) is 52.1 Å². The highest BCUT2D eigenvalue weighted by atomic mass is 35.5. The molecule has 0 aliphatic heterocycles. The Kier molecular flexibility index (Phi) is 11.7. The van der Waals surface area contributed by atoms with E-state index in [-0.39, 0.29) is 22.4 Å². The number of hydrogen-bond donors (Lipinski definition) is 2. The topological polar surface area (TPSA) is 150 Å². The quantitative estimate of drug-likeness (QED) is 0.288. The van der Waals surface area contributed by atoms with Gasteiger partial charge in [0.05, 0.1) is 31.3 Å². The van der Waals surface area contributed by atoms with E-state index < -0.39 is 9.85 Å². The molecule has 0 saturated heterocycles. The van der Waals surface area contributed by atoms with Crippen molar-refractivity contribution in [1.29, 1.82) is 0 Å². The molecule has 0 aliphatic rings. The normalized spacial score (nSPS) is 11.4. The van der Waals surface area contributed by atoms with E-state index in [0.29, 0.717) is 34.3 Å². The van der Waals surface area contributed by atoms with E-state index in [9.17, 15) is 20.2 Å². The molecule has 2 heterocycles. The minimum Gasteiger partial charge on any atom is -0.397 e. The summed E-state index contributed by atoms with van der Waals surface area (Å²) in [5.74, 6) is 0. The molecule has 10 nitrogen and oxygen atoms in total. The number of nitro groups is 2. The number of likely N-dealkylation sites (N-methyl/N-ethyl adjacent to an activating group) is 1. The number of rotatable bonds is 8. The third-order valence-corrected chi connectivity index (χ3v) is 4.82. The minimum absolute atomic E-state index is 0.125. The van der Waals surface area contributed by atoms with Crippen LogP contribution in [0.5, 0.6) is 0 Å². The molecule has 0 bridgehead atoms. The molecule has 3 N–H and O–H groups in total. The second-order valence-corrected chi connectivity index (χ2v) is 7.58. The van der Waals surface area contributed by atoms with Gasteiger partial charge in [-0.05, 0) is 30.2 Å². The minimum atomic E-state index is -0.611. The number of nitrogens with one attached hydrogen (secondary N) is 1. The van der Waals surface area contributed by atoms with Crippen LogP contribution in [0.1, 0.15) is 18.1 Å². The maximum Gasteiger partial charge on any atom is 0.253 e. The van der Waals surface area contributed by atoms with Crippen molar-refractivity contribution in [3.05, 3.63) is 100 Å². The van der Waals surface area contributed by atoms with E-state index in [0.717, 1.165) is 18.0 Å². The molecule has 0 radical (unpaired) electrons. The molecule has 0 aliphatic carbocycles. The highest BCUT2D eigenvalue weighted by Gasteiger charge is 2.07. The molecule has 2 aromatic heterocycles. The zero-order chi connectivity index (χ0) is 24.3. The molecular formula is C18H18Cl4N6O4. The fraction of sp³-hybridized carbons (Fsp3) is 0.222. The number of pyridine rings is 2. The summed E-state index contributed by atoms with van der Waals surface area (Å²) in [6.45, 7) is 2.47. The molecule has 14 heteroatoms. The molecule has 0 amide bonds. The molecule has 0 aromatic carbocycles. The lowest BCUT2D eigenvalue weighted by atomic mass is 10.1. The average molecular weight is 524 g/mol. The lowest BCUT2D eigenvalue weighted by Gasteiger charge is -2.06. The van der Waals surface area contributed by atoms with Crippen molar-refractivity contribution < 1.29 is 9.85 Å². The Morgan fingerprint density at radius 2 is 1.44 bits per heavy atom. The van der Waals surface area contributed by atoms with Crippen LogP contribution in [-0.4, -0.2) is 26.4 Å². The lowest BCUT2D eigenvalue weighted by molar-refractivity contribution is -0.403. The van der Waals surface area contributed by atoms with Gasteiger partial charge in [-0.2, -0.15) is 0 Å². The predicted octanol–water partition coefficient (Wildman–Crippen LogP) is 4.67. The Balaban J connectivity index is 0.000000323. The fourth-order valence-corrected chi connectivity index (χ4v) is 2.84. The molecule has 0 spiro atoms. The second-order valence-electron chi connectivity index (χ2n) is 6.05. The molecule has 2 rings (SSSR count). The van der Waals surface area contributed by atoms with Gasteiger partial charge in [0.2, 0.25) is 0 Å². The molecular weight excluding hydrogens is 506 g/mol. The number of nitrogens with zero attached hydrogens (tertiary/aromatic N) is 4. The summed E-state index contributed by atoms with van der Waals surface area (Å²) in [6.07, 6.45) is 5.26. The number of halogens is 4. The Hall–Kier alpha value is -2.66. The van der Waals surface area contributed by atoms with Gasteiger partial charge in [0.25, 0.3) is 12.4 Å². The van der Waals surface area contributed by atoms with Crippen molar-refractivity contribution in [2.75, 3.05) is 6.54 Å². The van der Waals surface area contributed by atoms with Crippen molar-refractivity contribution in [2.24, 2.45) is 5.73 Å². The van der Waals surface area contributed by atoms with E-state index in [2.05, 4.69) is 15.3 Å². The van der Waals surface area contributed by atoms with E-state index in [1.807, 2.05) is 6.92 Å². The van der Waals surface area contributed by atoms with Gasteiger partial charge in [-0.25, -0.2) is 9.97 Å². The van der Waals surface area contributed by atoms with Crippen LogP contribution < -0.4 is 11.1 Å². The fourth-order valence-electron chi connectivity index (χ4n) is 2.26. The van der Waals surface area contributed by atoms with Gasteiger partial charge in [-0.15, -0.1) is 0 Å². The molecule has 0 atom stereocenters. The first-order valence-electron chi connectivity index (χ1n) is 8.79. The van der Waals surface area contributed by atoms with Gasteiger partial charge in [0.15, 0.2) is 0 Å². The summed E-state index contributed by atoms with van der Waals surface area (Å²) in [4.78, 5) is 27.1. The monoisotopic (exact) mass is 522 g/mol. The van der Waals surface area contributed by atoms with Crippen LogP contribution in [0.4, 0.5) is 0 Å². The number of allylic oxidation sites excluding steroid dienone is 2. The van der Waals surface area contributed by atoms with Crippen molar-refractivity contribution in [2.45, 2.75) is 19.8 Å². The van der Waals surface area contributed by atoms with Crippen molar-refractivity contribution >= 4 is 46.4 Å². The van der Waals surface area contributed by atoms with Gasteiger partial charge in [0, 0.05) is 31.8 Å². The first kappa shape index (κ1) is 27.4. The van der Waals surface area contributed by atoms with Crippen LogP contribution in [0.3, 0.4) is 0 Å².